The number of nitrogens with zero attached hydrogens (tertiary/aromatic N) is 1. The lowest BCUT2D eigenvalue weighted by molar-refractivity contribution is 0.0400. The second-order valence-electron chi connectivity index (χ2n) is 5.11. The van der Waals surface area contributed by atoms with E-state index < -0.39 is 5.41 Å². The van der Waals surface area contributed by atoms with E-state index in [0.29, 0.717) is 6.54 Å². The van der Waals surface area contributed by atoms with Gasteiger partial charge in [0.2, 0.25) is 0 Å². The Bertz CT molecular complexity index is 364. The van der Waals surface area contributed by atoms with E-state index in [-0.39, 0.29) is 13.2 Å². The van der Waals surface area contributed by atoms with E-state index in [9.17, 15) is 10.2 Å². The third-order valence-electron chi connectivity index (χ3n) is 3.05. The number of ether oxygens (including phenoxy) is 1. The van der Waals surface area contributed by atoms with Gasteiger partial charge in [-0.15, -0.1) is 0 Å². The zero-order valence-corrected chi connectivity index (χ0v) is 11.4. The van der Waals surface area contributed by atoms with Crippen LogP contribution in [-0.2, 0) is 6.54 Å². The number of aliphatic hydroxyl groups is 2. The quantitative estimate of drug-likeness (QED) is 0.764. The second-order valence-corrected chi connectivity index (χ2v) is 5.11. The number of hydrogen-bond acceptors (Lipinski definition) is 4. The van der Waals surface area contributed by atoms with Crippen LogP contribution >= 0.6 is 0 Å². The van der Waals surface area contributed by atoms with Crippen LogP contribution in [0.5, 0.6) is 5.75 Å². The molecule has 0 saturated heterocycles. The maximum atomic E-state index is 9.29. The lowest BCUT2D eigenvalue weighted by Crippen LogP contribution is -2.38. The Morgan fingerprint density at radius 2 is 1.83 bits per heavy atom. The van der Waals surface area contributed by atoms with E-state index in [1.54, 1.807) is 7.11 Å². The number of aliphatic hydroxyl groups excluding tert-OH is 2. The van der Waals surface area contributed by atoms with Crippen LogP contribution in [-0.4, -0.2) is 49.0 Å². The van der Waals surface area contributed by atoms with Gasteiger partial charge in [-0.05, 0) is 13.1 Å². The van der Waals surface area contributed by atoms with Gasteiger partial charge in [0.1, 0.15) is 5.75 Å². The third-order valence-corrected chi connectivity index (χ3v) is 3.05. The zero-order chi connectivity index (χ0) is 13.6. The molecule has 1 aromatic rings. The van der Waals surface area contributed by atoms with Crippen molar-refractivity contribution in [1.29, 1.82) is 0 Å². The minimum atomic E-state index is -0.475. The number of methoxy groups -OCH3 is 1. The molecule has 0 spiro atoms. The summed E-state index contributed by atoms with van der Waals surface area (Å²) in [4.78, 5) is 2.07. The fourth-order valence-electron chi connectivity index (χ4n) is 1.98. The van der Waals surface area contributed by atoms with Gasteiger partial charge in [0.05, 0.1) is 20.3 Å². The van der Waals surface area contributed by atoms with Gasteiger partial charge in [-0.1, -0.05) is 25.1 Å². The molecule has 18 heavy (non-hydrogen) atoms. The monoisotopic (exact) mass is 253 g/mol. The molecule has 0 aliphatic rings. The molecule has 0 amide bonds. The fourth-order valence-corrected chi connectivity index (χ4v) is 1.98. The molecule has 1 rings (SSSR count). The number of para-hydroxylation sites is 1. The van der Waals surface area contributed by atoms with Gasteiger partial charge in [0.15, 0.2) is 0 Å². The molecule has 1 aromatic carbocycles. The molecular formula is C14H23NO3. The lowest BCUT2D eigenvalue weighted by atomic mass is 9.92. The van der Waals surface area contributed by atoms with Crippen molar-refractivity contribution in [2.24, 2.45) is 5.41 Å². The van der Waals surface area contributed by atoms with Crippen LogP contribution in [0.2, 0.25) is 0 Å². The molecule has 2 N–H and O–H groups in total. The average Bonchev–Trinajstić information content (AvgIpc) is 2.39. The molecule has 0 aliphatic heterocycles. The Morgan fingerprint density at radius 1 is 1.22 bits per heavy atom. The summed E-state index contributed by atoms with van der Waals surface area (Å²) in [5.41, 5.74) is 0.622. The van der Waals surface area contributed by atoms with Crippen molar-refractivity contribution in [2.75, 3.05) is 33.9 Å². The molecule has 0 heterocycles. The minimum Gasteiger partial charge on any atom is -0.496 e. The number of benzene rings is 1. The summed E-state index contributed by atoms with van der Waals surface area (Å²) in [6.45, 7) is 3.16. The largest absolute Gasteiger partial charge is 0.496 e. The smallest absolute Gasteiger partial charge is 0.123 e. The van der Waals surface area contributed by atoms with Crippen molar-refractivity contribution in [3.05, 3.63) is 29.8 Å². The Kier molecular flexibility index (Phi) is 5.59. The zero-order valence-electron chi connectivity index (χ0n) is 11.4. The van der Waals surface area contributed by atoms with Crippen LogP contribution in [0.1, 0.15) is 12.5 Å². The van der Waals surface area contributed by atoms with Gasteiger partial charge in [-0.2, -0.15) is 0 Å². The molecule has 0 radical (unpaired) electrons. The first-order valence-electron chi connectivity index (χ1n) is 6.07. The van der Waals surface area contributed by atoms with Gasteiger partial charge in [0, 0.05) is 24.1 Å². The summed E-state index contributed by atoms with van der Waals surface area (Å²) in [6, 6.07) is 7.86. The fraction of sp³-hybridized carbons (Fsp3) is 0.571. The predicted octanol–water partition coefficient (Wildman–Crippen LogP) is 1.12. The van der Waals surface area contributed by atoms with Gasteiger partial charge in [-0.25, -0.2) is 0 Å². The molecule has 0 fully saturated rings. The Hall–Kier alpha value is -1.10. The van der Waals surface area contributed by atoms with Crippen molar-refractivity contribution in [3.63, 3.8) is 0 Å². The van der Waals surface area contributed by atoms with Gasteiger partial charge >= 0.3 is 0 Å². The molecule has 4 heteroatoms. The maximum Gasteiger partial charge on any atom is 0.123 e. The highest BCUT2D eigenvalue weighted by molar-refractivity contribution is 5.33. The first-order chi connectivity index (χ1) is 8.54. The summed E-state index contributed by atoms with van der Waals surface area (Å²) in [5, 5.41) is 18.6. The van der Waals surface area contributed by atoms with E-state index >= 15 is 0 Å². The molecule has 0 saturated carbocycles. The van der Waals surface area contributed by atoms with Crippen molar-refractivity contribution in [2.45, 2.75) is 13.5 Å². The Labute approximate surface area is 109 Å². The summed E-state index contributed by atoms with van der Waals surface area (Å²) >= 11 is 0. The highest BCUT2D eigenvalue weighted by atomic mass is 16.5. The number of rotatable bonds is 7. The molecule has 4 nitrogen and oxygen atoms in total. The highest BCUT2D eigenvalue weighted by Gasteiger charge is 2.24. The highest BCUT2D eigenvalue weighted by Crippen LogP contribution is 2.21. The molecular weight excluding hydrogens is 230 g/mol. The van der Waals surface area contributed by atoms with Crippen molar-refractivity contribution in [3.8, 4) is 5.75 Å². The summed E-state index contributed by atoms with van der Waals surface area (Å²) in [6.07, 6.45) is 0. The van der Waals surface area contributed by atoms with E-state index in [1.165, 1.54) is 0 Å². The third kappa shape index (κ3) is 3.98. The first-order valence-corrected chi connectivity index (χ1v) is 6.07. The predicted molar refractivity (Wildman–Crippen MR) is 71.6 cm³/mol. The van der Waals surface area contributed by atoms with Gasteiger partial charge in [-0.3, -0.25) is 0 Å². The van der Waals surface area contributed by atoms with Crippen LogP contribution in [0, 0.1) is 5.41 Å². The Balaban J connectivity index is 2.67. The van der Waals surface area contributed by atoms with Crippen molar-refractivity contribution < 1.29 is 14.9 Å². The average molecular weight is 253 g/mol. The SMILES string of the molecule is COc1ccccc1CN(C)CC(C)(CO)CO. The standard InChI is InChI=1S/C14H23NO3/c1-14(10-16,11-17)9-15(2)8-12-6-4-5-7-13(12)18-3/h4-7,16-17H,8-11H2,1-3H3. The molecule has 0 aromatic heterocycles. The normalized spacial score (nSPS) is 11.9. The summed E-state index contributed by atoms with van der Waals surface area (Å²) in [5.74, 6) is 0.860. The molecule has 102 valence electrons. The molecule has 0 bridgehead atoms. The van der Waals surface area contributed by atoms with Crippen LogP contribution in [0.4, 0.5) is 0 Å². The first kappa shape index (κ1) is 15.0. The van der Waals surface area contributed by atoms with E-state index in [4.69, 9.17) is 4.74 Å². The Morgan fingerprint density at radius 3 is 2.39 bits per heavy atom. The molecule has 0 atom stereocenters. The molecule has 0 unspecified atom stereocenters. The summed E-state index contributed by atoms with van der Waals surface area (Å²) in [7, 11) is 3.63. The van der Waals surface area contributed by atoms with E-state index in [2.05, 4.69) is 4.90 Å². The second kappa shape index (κ2) is 6.73. The number of hydrogen-bond donors (Lipinski definition) is 2. The molecule has 0 aliphatic carbocycles. The minimum absolute atomic E-state index is 0.0280. The van der Waals surface area contributed by atoms with E-state index in [0.717, 1.165) is 17.9 Å². The topological polar surface area (TPSA) is 52.9 Å². The summed E-state index contributed by atoms with van der Waals surface area (Å²) < 4.78 is 5.30. The van der Waals surface area contributed by atoms with Crippen LogP contribution in [0.3, 0.4) is 0 Å². The maximum absolute atomic E-state index is 9.29. The van der Waals surface area contributed by atoms with Gasteiger partial charge < -0.3 is 19.8 Å². The van der Waals surface area contributed by atoms with Gasteiger partial charge in [0.25, 0.3) is 0 Å². The van der Waals surface area contributed by atoms with Crippen LogP contribution < -0.4 is 4.74 Å². The van der Waals surface area contributed by atoms with Crippen LogP contribution in [0.15, 0.2) is 24.3 Å². The van der Waals surface area contributed by atoms with Crippen molar-refractivity contribution in [1.82, 2.24) is 4.90 Å². The van der Waals surface area contributed by atoms with E-state index in [1.807, 2.05) is 38.2 Å². The lowest BCUT2D eigenvalue weighted by Gasteiger charge is -2.30. The van der Waals surface area contributed by atoms with Crippen molar-refractivity contribution >= 4 is 0 Å². The van der Waals surface area contributed by atoms with Crippen LogP contribution in [0.25, 0.3) is 0 Å².